The molecule has 6 heavy (non-hydrogen) atoms. The van der Waals surface area contributed by atoms with Crippen LogP contribution in [-0.2, 0) is 22.2 Å². The molecule has 0 saturated carbocycles. The predicted octanol–water partition coefficient (Wildman–Crippen LogP) is 0.510. The van der Waals surface area contributed by atoms with Crippen molar-refractivity contribution in [1.29, 1.82) is 0 Å². The van der Waals surface area contributed by atoms with Crippen molar-refractivity contribution in [3.63, 3.8) is 0 Å². The molecule has 0 aromatic rings. The molecular weight excluding hydrogens is 143 g/mol. The summed E-state index contributed by atoms with van der Waals surface area (Å²) in [5, 5.41) is 7.42. The molecular formula is C2H5ClCrO2. The molecule has 2 nitrogen and oxygen atoms in total. The van der Waals surface area contributed by atoms with Crippen molar-refractivity contribution >= 4 is 18.4 Å². The zero-order valence-electron chi connectivity index (χ0n) is 3.17. The first-order chi connectivity index (χ1) is 1.73. The van der Waals surface area contributed by atoms with Crippen LogP contribution in [0, 0.1) is 0 Å². The minimum Gasteiger partial charge on any atom is -0.481 e. The standard InChI is InChI=1S/C2H4O2.ClH.Cr/c1-2(3)4;;/h1H3,(H,3,4);1H;. The Morgan fingerprint density at radius 3 is 1.67 bits per heavy atom. The van der Waals surface area contributed by atoms with Gasteiger partial charge in [0.05, 0.1) is 0 Å². The maximum Gasteiger partial charge on any atom is 0.300 e. The molecule has 0 fully saturated rings. The van der Waals surface area contributed by atoms with E-state index in [-0.39, 0.29) is 29.8 Å². The van der Waals surface area contributed by atoms with Crippen LogP contribution in [0.25, 0.3) is 0 Å². The minimum absolute atomic E-state index is 0. The van der Waals surface area contributed by atoms with E-state index in [4.69, 9.17) is 9.90 Å². The Labute approximate surface area is 53.1 Å². The predicted molar refractivity (Wildman–Crippen MR) is 20.6 cm³/mol. The van der Waals surface area contributed by atoms with Crippen molar-refractivity contribution in [2.75, 3.05) is 0 Å². The second kappa shape index (κ2) is 9.00. The number of rotatable bonds is 0. The Morgan fingerprint density at radius 2 is 1.67 bits per heavy atom. The van der Waals surface area contributed by atoms with E-state index in [1.807, 2.05) is 0 Å². The van der Waals surface area contributed by atoms with E-state index in [1.165, 1.54) is 0 Å². The van der Waals surface area contributed by atoms with Crippen molar-refractivity contribution in [3.8, 4) is 0 Å². The van der Waals surface area contributed by atoms with Gasteiger partial charge in [0.1, 0.15) is 0 Å². The van der Waals surface area contributed by atoms with Crippen LogP contribution in [0.3, 0.4) is 0 Å². The molecule has 0 radical (unpaired) electrons. The first-order valence-corrected chi connectivity index (χ1v) is 0.928. The third-order valence-corrected chi connectivity index (χ3v) is 0. The van der Waals surface area contributed by atoms with Gasteiger partial charge in [0, 0.05) is 24.3 Å². The van der Waals surface area contributed by atoms with Crippen LogP contribution in [0.5, 0.6) is 0 Å². The summed E-state index contributed by atoms with van der Waals surface area (Å²) in [5.74, 6) is -0.833. The molecule has 0 aliphatic carbocycles. The van der Waals surface area contributed by atoms with E-state index >= 15 is 0 Å². The van der Waals surface area contributed by atoms with E-state index in [2.05, 4.69) is 0 Å². The fraction of sp³-hybridized carbons (Fsp3) is 0.500. The Balaban J connectivity index is -0.0000000450. The first kappa shape index (κ1) is 16.3. The zero-order chi connectivity index (χ0) is 3.58. The van der Waals surface area contributed by atoms with Gasteiger partial charge in [-0.15, -0.1) is 12.4 Å². The number of carboxylic acids is 1. The average Bonchev–Trinajstić information content (AvgIpc) is 0.811. The van der Waals surface area contributed by atoms with Gasteiger partial charge in [0.25, 0.3) is 5.97 Å². The number of hydrogen-bond acceptors (Lipinski definition) is 1. The van der Waals surface area contributed by atoms with E-state index < -0.39 is 5.97 Å². The van der Waals surface area contributed by atoms with Crippen molar-refractivity contribution in [2.24, 2.45) is 0 Å². The largest absolute Gasteiger partial charge is 0.481 e. The summed E-state index contributed by atoms with van der Waals surface area (Å²) in [5.41, 5.74) is 0. The van der Waals surface area contributed by atoms with Gasteiger partial charge in [0.2, 0.25) is 0 Å². The molecule has 0 spiro atoms. The van der Waals surface area contributed by atoms with Crippen LogP contribution in [-0.4, -0.2) is 11.1 Å². The zero-order valence-corrected chi connectivity index (χ0v) is 5.26. The Hall–Kier alpha value is 0.292. The van der Waals surface area contributed by atoms with Crippen molar-refractivity contribution < 1.29 is 27.3 Å². The van der Waals surface area contributed by atoms with Gasteiger partial charge in [-0.05, 0) is 0 Å². The number of hydrogen-bond donors (Lipinski definition) is 1. The van der Waals surface area contributed by atoms with Gasteiger partial charge in [0.15, 0.2) is 0 Å². The molecule has 0 heterocycles. The maximum atomic E-state index is 9.00. The van der Waals surface area contributed by atoms with Crippen LogP contribution in [0.15, 0.2) is 0 Å². The maximum absolute atomic E-state index is 9.00. The van der Waals surface area contributed by atoms with E-state index in [9.17, 15) is 0 Å². The Morgan fingerprint density at radius 1 is 1.67 bits per heavy atom. The Kier molecular flexibility index (Phi) is 24.4. The molecule has 0 aliphatic heterocycles. The summed E-state index contributed by atoms with van der Waals surface area (Å²) in [6, 6.07) is 0. The van der Waals surface area contributed by atoms with Crippen molar-refractivity contribution in [1.82, 2.24) is 0 Å². The Bertz CT molecular complexity index is 34.5. The molecule has 38 valence electrons. The second-order valence-electron chi connectivity index (χ2n) is 0.519. The summed E-state index contributed by atoms with van der Waals surface area (Å²) >= 11 is 0. The number of halogens is 1. The number of carboxylic acid groups (broad SMARTS) is 1. The van der Waals surface area contributed by atoms with E-state index in [0.29, 0.717) is 0 Å². The van der Waals surface area contributed by atoms with Gasteiger partial charge >= 0.3 is 0 Å². The monoisotopic (exact) mass is 148 g/mol. The summed E-state index contributed by atoms with van der Waals surface area (Å²) in [6.07, 6.45) is 0. The summed E-state index contributed by atoms with van der Waals surface area (Å²) in [6.45, 7) is 1.08. The third kappa shape index (κ3) is 544. The number of carbonyl (C=O) groups is 1. The summed E-state index contributed by atoms with van der Waals surface area (Å²) in [7, 11) is 0. The topological polar surface area (TPSA) is 37.3 Å². The van der Waals surface area contributed by atoms with Gasteiger partial charge in [-0.2, -0.15) is 0 Å². The average molecular weight is 149 g/mol. The molecule has 0 bridgehead atoms. The third-order valence-electron chi connectivity index (χ3n) is 0. The van der Waals surface area contributed by atoms with Crippen LogP contribution >= 0.6 is 12.4 Å². The summed E-state index contributed by atoms with van der Waals surface area (Å²) in [4.78, 5) is 9.00. The van der Waals surface area contributed by atoms with Gasteiger partial charge in [-0.1, -0.05) is 0 Å². The smallest absolute Gasteiger partial charge is 0.300 e. The van der Waals surface area contributed by atoms with Gasteiger partial charge in [-0.25, -0.2) is 0 Å². The van der Waals surface area contributed by atoms with Crippen molar-refractivity contribution in [2.45, 2.75) is 6.92 Å². The molecule has 1 N–H and O–H groups in total. The summed E-state index contributed by atoms with van der Waals surface area (Å²) < 4.78 is 0. The van der Waals surface area contributed by atoms with Crippen molar-refractivity contribution in [3.05, 3.63) is 0 Å². The van der Waals surface area contributed by atoms with E-state index in [1.54, 1.807) is 0 Å². The molecule has 4 heteroatoms. The van der Waals surface area contributed by atoms with E-state index in [0.717, 1.165) is 6.92 Å². The van der Waals surface area contributed by atoms with Crippen LogP contribution < -0.4 is 0 Å². The molecule has 0 rings (SSSR count). The fourth-order valence-corrected chi connectivity index (χ4v) is 0. The molecule has 0 aromatic heterocycles. The van der Waals surface area contributed by atoms with Gasteiger partial charge < -0.3 is 5.11 Å². The molecule has 0 aliphatic rings. The number of aliphatic carboxylic acids is 1. The normalized spacial score (nSPS) is 4.17. The molecule has 0 amide bonds. The van der Waals surface area contributed by atoms with Crippen LogP contribution in [0.2, 0.25) is 0 Å². The molecule has 0 aromatic carbocycles. The fourth-order valence-electron chi connectivity index (χ4n) is 0. The van der Waals surface area contributed by atoms with Gasteiger partial charge in [-0.3, -0.25) is 4.79 Å². The first-order valence-electron chi connectivity index (χ1n) is 0.928. The van der Waals surface area contributed by atoms with Crippen LogP contribution in [0.1, 0.15) is 6.92 Å². The quantitative estimate of drug-likeness (QED) is 0.544. The minimum atomic E-state index is -0.833. The SMILES string of the molecule is CC(=O)O.Cl.[Cr]. The molecule has 0 saturated heterocycles. The molecule has 0 unspecified atom stereocenters. The molecule has 0 atom stereocenters. The van der Waals surface area contributed by atoms with Crippen LogP contribution in [0.4, 0.5) is 0 Å². The second-order valence-corrected chi connectivity index (χ2v) is 0.519.